The fourth-order valence-corrected chi connectivity index (χ4v) is 14.7. The van der Waals surface area contributed by atoms with Gasteiger partial charge in [0, 0.05) is 33.3 Å². The van der Waals surface area contributed by atoms with Crippen LogP contribution in [0.1, 0.15) is 61.6 Å². The number of H-pyrrole nitrogens is 1. The Morgan fingerprint density at radius 3 is 1.41 bits per heavy atom. The SMILES string of the molecule is Cc1ccc(/C2=C3\C=CC(=N3)/C(c3ccc(C)cc3)=c3/cc/c([nH]3)=C(\c3ccc(C)cc3)C3=NC(C=C3)C(c3ccc(C)cc3)C3=C(c4ccccc4)C(c4ccccc4)=C2[Si]3(C)C)cc1. The lowest BCUT2D eigenvalue weighted by Gasteiger charge is -2.35. The molecule has 7 aromatic rings. The largest absolute Gasteiger partial charge is 0.354 e. The van der Waals surface area contributed by atoms with Gasteiger partial charge in [0.15, 0.2) is 0 Å². The predicted molar refractivity (Wildman–Crippen MR) is 281 cm³/mol. The molecule has 1 N–H and O–H groups in total. The smallest absolute Gasteiger partial charge is 0.111 e. The van der Waals surface area contributed by atoms with E-state index in [1.54, 1.807) is 0 Å². The lowest BCUT2D eigenvalue weighted by Crippen LogP contribution is -2.37. The Bertz CT molecular complexity index is 3410. The van der Waals surface area contributed by atoms with Crippen molar-refractivity contribution in [2.45, 2.75) is 52.7 Å². The third-order valence-electron chi connectivity index (χ3n) is 13.9. The Hall–Kier alpha value is -7.40. The molecule has 2 unspecified atom stereocenters. The molecule has 1 aromatic heterocycles. The maximum atomic E-state index is 5.90. The number of fused-ring (bicyclic) bond motifs is 6. The molecule has 5 heterocycles. The molecule has 0 saturated heterocycles. The van der Waals surface area contributed by atoms with E-state index >= 15 is 0 Å². The third kappa shape index (κ3) is 7.23. The Morgan fingerprint density at radius 1 is 0.424 bits per heavy atom. The number of aryl methyl sites for hydroxylation is 4. The van der Waals surface area contributed by atoms with Crippen LogP contribution in [-0.2, 0) is 0 Å². The van der Waals surface area contributed by atoms with Crippen LogP contribution in [0.2, 0.25) is 13.1 Å². The minimum atomic E-state index is -2.75. The summed E-state index contributed by atoms with van der Waals surface area (Å²) in [5, 5.41) is 4.92. The van der Waals surface area contributed by atoms with Crippen LogP contribution in [0.25, 0.3) is 27.9 Å². The van der Waals surface area contributed by atoms with Gasteiger partial charge in [-0.1, -0.05) is 204 Å². The number of aromatic nitrogens is 1. The molecule has 0 radical (unpaired) electrons. The molecule has 2 atom stereocenters. The van der Waals surface area contributed by atoms with Gasteiger partial charge in [-0.25, -0.2) is 4.99 Å². The van der Waals surface area contributed by atoms with Crippen molar-refractivity contribution in [3.8, 4) is 0 Å². The summed E-state index contributed by atoms with van der Waals surface area (Å²) in [7, 11) is -2.75. The second kappa shape index (κ2) is 16.5. The molecule has 6 aromatic carbocycles. The number of hydrogen-bond acceptors (Lipinski definition) is 2. The Labute approximate surface area is 389 Å². The molecule has 0 spiro atoms. The number of nitrogens with zero attached hydrogens (tertiary/aromatic N) is 2. The molecule has 3 nitrogen and oxygen atoms in total. The van der Waals surface area contributed by atoms with Crippen molar-refractivity contribution >= 4 is 47.4 Å². The van der Waals surface area contributed by atoms with E-state index in [0.29, 0.717) is 0 Å². The fourth-order valence-electron chi connectivity index (χ4n) is 10.7. The van der Waals surface area contributed by atoms with Crippen LogP contribution >= 0.6 is 0 Å². The predicted octanol–water partition coefficient (Wildman–Crippen LogP) is 13.0. The van der Waals surface area contributed by atoms with Gasteiger partial charge in [0.1, 0.15) is 8.07 Å². The number of aromatic amines is 1. The zero-order valence-corrected chi connectivity index (χ0v) is 39.5. The van der Waals surface area contributed by atoms with Crippen molar-refractivity contribution in [2.24, 2.45) is 9.98 Å². The summed E-state index contributed by atoms with van der Waals surface area (Å²) >= 11 is 0. The molecule has 11 rings (SSSR count). The Morgan fingerprint density at radius 2 is 0.879 bits per heavy atom. The van der Waals surface area contributed by atoms with Crippen LogP contribution < -0.4 is 10.7 Å². The molecule has 0 amide bonds. The number of aliphatic imine (C=N–C) groups is 2. The number of benzene rings is 6. The standard InChI is InChI=1S/C62H53N3Si/c1-39-17-25-45(26-18-39)55-49-33-34-50(63-49)56(46-27-19-40(2)20-28-46)52-36-38-54(65-52)58(48-31-23-42(4)24-32-48)62-60(44-15-11-8-12-16-44)59(43-13-9-7-10-14-43)61(66(62,5)6)57(53-37-35-51(55)64-53)47-29-21-41(3)22-30-47/h7-38,53,57,63H,1-6H3/b55-49-,56-50-,58-54-. The minimum Gasteiger partial charge on any atom is -0.354 e. The number of hydrogen-bond donors (Lipinski definition) is 1. The Balaban J connectivity index is 1.34. The van der Waals surface area contributed by atoms with Crippen molar-refractivity contribution in [2.75, 3.05) is 0 Å². The van der Waals surface area contributed by atoms with Crippen molar-refractivity contribution in [3.63, 3.8) is 0 Å². The van der Waals surface area contributed by atoms with Crippen LogP contribution in [0.3, 0.4) is 0 Å². The van der Waals surface area contributed by atoms with Crippen molar-refractivity contribution in [1.82, 2.24) is 4.98 Å². The highest BCUT2D eigenvalue weighted by atomic mass is 28.3. The first kappa shape index (κ1) is 41.3. The van der Waals surface area contributed by atoms with Crippen LogP contribution in [0.5, 0.6) is 0 Å². The molecular weight excluding hydrogens is 815 g/mol. The highest BCUT2D eigenvalue weighted by molar-refractivity contribution is 6.97. The first-order valence-corrected chi connectivity index (χ1v) is 26.2. The summed E-state index contributed by atoms with van der Waals surface area (Å²) in [6.45, 7) is 13.8. The summed E-state index contributed by atoms with van der Waals surface area (Å²) in [5.74, 6) is -0.0530. The second-order valence-corrected chi connectivity index (χ2v) is 23.2. The molecule has 0 saturated carbocycles. The van der Waals surface area contributed by atoms with E-state index < -0.39 is 8.07 Å². The van der Waals surface area contributed by atoms with Crippen LogP contribution in [0, 0.1) is 27.7 Å². The highest BCUT2D eigenvalue weighted by Crippen LogP contribution is 2.58. The van der Waals surface area contributed by atoms with E-state index in [2.05, 4.69) is 240 Å². The average molecular weight is 868 g/mol. The zero-order chi connectivity index (χ0) is 45.1. The van der Waals surface area contributed by atoms with E-state index in [0.717, 1.165) is 50.1 Å². The fraction of sp³-hybridized carbons (Fsp3) is 0.129. The third-order valence-corrected chi connectivity index (χ3v) is 17.6. The lowest BCUT2D eigenvalue weighted by molar-refractivity contribution is 0.720. The molecule has 4 aliphatic rings. The van der Waals surface area contributed by atoms with E-state index in [-0.39, 0.29) is 12.0 Å². The van der Waals surface area contributed by atoms with E-state index in [1.165, 1.54) is 71.6 Å². The summed E-state index contributed by atoms with van der Waals surface area (Å²) in [4.78, 5) is 15.6. The first-order chi connectivity index (χ1) is 32.1. The van der Waals surface area contributed by atoms with Gasteiger partial charge >= 0.3 is 0 Å². The average Bonchev–Trinajstić information content (AvgIpc) is 4.16. The number of rotatable bonds is 6. The number of nitrogens with one attached hydrogen (secondary N) is 1. The van der Waals surface area contributed by atoms with E-state index in [4.69, 9.17) is 9.98 Å². The van der Waals surface area contributed by atoms with E-state index in [9.17, 15) is 0 Å². The molecule has 4 aliphatic heterocycles. The van der Waals surface area contributed by atoms with Gasteiger partial charge in [0.2, 0.25) is 0 Å². The molecular formula is C62H53N3Si. The van der Waals surface area contributed by atoms with Crippen molar-refractivity contribution < 1.29 is 0 Å². The quantitative estimate of drug-likeness (QED) is 0.162. The zero-order valence-electron chi connectivity index (χ0n) is 38.5. The molecule has 0 fully saturated rings. The topological polar surface area (TPSA) is 40.5 Å². The first-order valence-electron chi connectivity index (χ1n) is 23.2. The van der Waals surface area contributed by atoms with Gasteiger partial charge in [-0.05, 0) is 108 Å². The molecule has 320 valence electrons. The minimum absolute atomic E-state index is 0.0530. The molecule has 0 aliphatic carbocycles. The number of allylic oxidation sites excluding steroid dienone is 7. The van der Waals surface area contributed by atoms with Gasteiger partial charge < -0.3 is 4.98 Å². The summed E-state index contributed by atoms with van der Waals surface area (Å²) in [6.07, 6.45) is 9.19. The van der Waals surface area contributed by atoms with Crippen LogP contribution in [-0.4, -0.2) is 30.5 Å². The van der Waals surface area contributed by atoms with Gasteiger partial charge in [-0.3, -0.25) is 4.99 Å². The van der Waals surface area contributed by atoms with Gasteiger partial charge in [-0.15, -0.1) is 0 Å². The highest BCUT2D eigenvalue weighted by Gasteiger charge is 2.49. The van der Waals surface area contributed by atoms with Gasteiger partial charge in [-0.2, -0.15) is 0 Å². The normalized spacial score (nSPS) is 21.4. The van der Waals surface area contributed by atoms with Crippen molar-refractivity contribution in [3.05, 3.63) is 277 Å². The molecule has 8 bridgehead atoms. The second-order valence-electron chi connectivity index (χ2n) is 18.9. The molecule has 4 heteroatoms. The summed E-state index contributed by atoms with van der Waals surface area (Å²) in [6, 6.07) is 62.8. The summed E-state index contributed by atoms with van der Waals surface area (Å²) < 4.78 is 0. The molecule has 66 heavy (non-hydrogen) atoms. The Kier molecular flexibility index (Phi) is 10.4. The van der Waals surface area contributed by atoms with Gasteiger partial charge in [0.25, 0.3) is 0 Å². The lowest BCUT2D eigenvalue weighted by atomic mass is 9.83. The van der Waals surface area contributed by atoms with Crippen LogP contribution in [0.15, 0.2) is 220 Å². The van der Waals surface area contributed by atoms with Crippen molar-refractivity contribution in [1.29, 1.82) is 0 Å². The van der Waals surface area contributed by atoms with Gasteiger partial charge in [0.05, 0.1) is 23.2 Å². The monoisotopic (exact) mass is 867 g/mol. The maximum Gasteiger partial charge on any atom is 0.111 e. The van der Waals surface area contributed by atoms with Crippen LogP contribution in [0.4, 0.5) is 0 Å². The maximum absolute atomic E-state index is 5.90. The summed E-state index contributed by atoms with van der Waals surface area (Å²) in [5.41, 5.74) is 20.9. The van der Waals surface area contributed by atoms with E-state index in [1.807, 2.05) is 0 Å².